The van der Waals surface area contributed by atoms with Crippen molar-refractivity contribution < 1.29 is 13.2 Å². The van der Waals surface area contributed by atoms with Crippen molar-refractivity contribution in [1.29, 1.82) is 0 Å². The Balaban J connectivity index is 2.59. The number of nitrogens with one attached hydrogen (secondary N) is 2. The van der Waals surface area contributed by atoms with Crippen molar-refractivity contribution in [2.75, 3.05) is 18.1 Å². The number of carbonyl (C=O) groups is 1. The lowest BCUT2D eigenvalue weighted by molar-refractivity contribution is -0.114. The molecule has 5 nitrogen and oxygen atoms in total. The van der Waals surface area contributed by atoms with Crippen LogP contribution in [0.3, 0.4) is 0 Å². The van der Waals surface area contributed by atoms with Gasteiger partial charge in [-0.05, 0) is 24.3 Å². The van der Waals surface area contributed by atoms with Crippen molar-refractivity contribution in [3.8, 4) is 11.8 Å². The lowest BCUT2D eigenvalue weighted by Crippen LogP contribution is -2.21. The summed E-state index contributed by atoms with van der Waals surface area (Å²) in [6.07, 6.45) is 1.08. The number of rotatable bonds is 3. The molecule has 0 spiro atoms. The normalized spacial score (nSPS) is 10.3. The molecule has 0 bridgehead atoms. The van der Waals surface area contributed by atoms with Crippen molar-refractivity contribution in [3.63, 3.8) is 0 Å². The van der Waals surface area contributed by atoms with E-state index in [1.807, 2.05) is 0 Å². The molecule has 1 aromatic carbocycles. The fourth-order valence-corrected chi connectivity index (χ4v) is 1.49. The average Bonchev–Trinajstić information content (AvgIpc) is 2.24. The minimum absolute atomic E-state index is 0.0757. The van der Waals surface area contributed by atoms with Crippen LogP contribution in [0.1, 0.15) is 12.5 Å². The summed E-state index contributed by atoms with van der Waals surface area (Å²) in [4.78, 5) is 10.8. The summed E-state index contributed by atoms with van der Waals surface area (Å²) in [5, 5.41) is 2.64. The summed E-state index contributed by atoms with van der Waals surface area (Å²) < 4.78 is 23.8. The molecule has 0 aliphatic heterocycles. The van der Waals surface area contributed by atoms with Gasteiger partial charge < -0.3 is 5.32 Å². The van der Waals surface area contributed by atoms with E-state index in [-0.39, 0.29) is 12.5 Å². The van der Waals surface area contributed by atoms with Crippen molar-refractivity contribution in [2.45, 2.75) is 6.92 Å². The Morgan fingerprint density at radius 1 is 1.28 bits per heavy atom. The minimum Gasteiger partial charge on any atom is -0.326 e. The molecule has 6 heteroatoms. The van der Waals surface area contributed by atoms with Crippen molar-refractivity contribution >= 4 is 21.6 Å². The second-order valence-corrected chi connectivity index (χ2v) is 5.49. The van der Waals surface area contributed by atoms with E-state index in [0.29, 0.717) is 5.69 Å². The van der Waals surface area contributed by atoms with E-state index in [0.717, 1.165) is 11.8 Å². The van der Waals surface area contributed by atoms with E-state index in [1.54, 1.807) is 24.3 Å². The van der Waals surface area contributed by atoms with Gasteiger partial charge in [-0.15, -0.1) is 0 Å². The summed E-state index contributed by atoms with van der Waals surface area (Å²) in [7, 11) is -3.20. The number of anilines is 1. The molecule has 1 aromatic rings. The van der Waals surface area contributed by atoms with Gasteiger partial charge in [-0.1, -0.05) is 11.8 Å². The van der Waals surface area contributed by atoms with E-state index >= 15 is 0 Å². The van der Waals surface area contributed by atoms with Gasteiger partial charge in [-0.3, -0.25) is 4.79 Å². The van der Waals surface area contributed by atoms with Gasteiger partial charge in [0.25, 0.3) is 0 Å². The Morgan fingerprint density at radius 2 is 1.89 bits per heavy atom. The first-order chi connectivity index (χ1) is 8.37. The standard InChI is InChI=1S/C12H14N2O3S/c1-10(15)14-12-7-5-11(6-8-12)4-3-9-13-18(2,16)17/h5-8,13H,9H2,1-2H3,(H,14,15). The number of benzene rings is 1. The van der Waals surface area contributed by atoms with E-state index in [2.05, 4.69) is 21.9 Å². The maximum Gasteiger partial charge on any atom is 0.221 e. The quantitative estimate of drug-likeness (QED) is 0.784. The summed E-state index contributed by atoms with van der Waals surface area (Å²) in [6, 6.07) is 6.96. The van der Waals surface area contributed by atoms with Gasteiger partial charge in [0, 0.05) is 18.2 Å². The average molecular weight is 266 g/mol. The topological polar surface area (TPSA) is 75.3 Å². The zero-order chi connectivity index (χ0) is 13.6. The smallest absolute Gasteiger partial charge is 0.221 e. The van der Waals surface area contributed by atoms with E-state index < -0.39 is 10.0 Å². The van der Waals surface area contributed by atoms with E-state index in [1.165, 1.54) is 6.92 Å². The van der Waals surface area contributed by atoms with Gasteiger partial charge >= 0.3 is 0 Å². The second kappa shape index (κ2) is 6.19. The Labute approximate surface area is 107 Å². The fraction of sp³-hybridized carbons (Fsp3) is 0.250. The van der Waals surface area contributed by atoms with Crippen LogP contribution in [-0.2, 0) is 14.8 Å². The van der Waals surface area contributed by atoms with Crippen LogP contribution < -0.4 is 10.0 Å². The third kappa shape index (κ3) is 6.03. The Bertz CT molecular complexity index is 580. The Kier molecular flexibility index (Phi) is 4.89. The first-order valence-electron chi connectivity index (χ1n) is 5.18. The molecular formula is C12H14N2O3S. The van der Waals surface area contributed by atoms with Crippen molar-refractivity contribution in [3.05, 3.63) is 29.8 Å². The molecule has 0 unspecified atom stereocenters. The van der Waals surface area contributed by atoms with Crippen LogP contribution in [0.4, 0.5) is 5.69 Å². The van der Waals surface area contributed by atoms with E-state index in [4.69, 9.17) is 0 Å². The van der Waals surface area contributed by atoms with Crippen LogP contribution in [0.5, 0.6) is 0 Å². The molecule has 0 aromatic heterocycles. The molecule has 0 aliphatic rings. The number of amides is 1. The highest BCUT2D eigenvalue weighted by molar-refractivity contribution is 7.88. The molecule has 0 saturated carbocycles. The molecule has 0 saturated heterocycles. The lowest BCUT2D eigenvalue weighted by atomic mass is 10.2. The van der Waals surface area contributed by atoms with Gasteiger partial charge in [0.15, 0.2) is 0 Å². The summed E-state index contributed by atoms with van der Waals surface area (Å²) in [6.45, 7) is 1.51. The van der Waals surface area contributed by atoms with Gasteiger partial charge in [0.2, 0.25) is 15.9 Å². The third-order valence-electron chi connectivity index (χ3n) is 1.86. The van der Waals surface area contributed by atoms with Crippen molar-refractivity contribution in [1.82, 2.24) is 4.72 Å². The molecule has 0 fully saturated rings. The predicted octanol–water partition coefficient (Wildman–Crippen LogP) is 0.546. The van der Waals surface area contributed by atoms with E-state index in [9.17, 15) is 13.2 Å². The van der Waals surface area contributed by atoms with Crippen LogP contribution in [0.2, 0.25) is 0 Å². The zero-order valence-electron chi connectivity index (χ0n) is 10.1. The number of hydrogen-bond donors (Lipinski definition) is 2. The SMILES string of the molecule is CC(=O)Nc1ccc(C#CCNS(C)(=O)=O)cc1. The fourth-order valence-electron chi connectivity index (χ4n) is 1.15. The highest BCUT2D eigenvalue weighted by Gasteiger charge is 1.96. The van der Waals surface area contributed by atoms with Crippen LogP contribution in [0, 0.1) is 11.8 Å². The largest absolute Gasteiger partial charge is 0.326 e. The molecular weight excluding hydrogens is 252 g/mol. The molecule has 2 N–H and O–H groups in total. The number of hydrogen-bond acceptors (Lipinski definition) is 3. The second-order valence-electron chi connectivity index (χ2n) is 3.65. The molecule has 18 heavy (non-hydrogen) atoms. The summed E-state index contributed by atoms with van der Waals surface area (Å²) >= 11 is 0. The molecule has 1 rings (SSSR count). The zero-order valence-corrected chi connectivity index (χ0v) is 11.0. The predicted molar refractivity (Wildman–Crippen MR) is 70.5 cm³/mol. The lowest BCUT2D eigenvalue weighted by Gasteiger charge is -2.00. The molecule has 1 amide bonds. The van der Waals surface area contributed by atoms with Crippen LogP contribution >= 0.6 is 0 Å². The van der Waals surface area contributed by atoms with Crippen LogP contribution in [0.25, 0.3) is 0 Å². The number of carbonyl (C=O) groups excluding carboxylic acids is 1. The molecule has 0 radical (unpaired) electrons. The monoisotopic (exact) mass is 266 g/mol. The molecule has 0 atom stereocenters. The van der Waals surface area contributed by atoms with Crippen molar-refractivity contribution in [2.24, 2.45) is 0 Å². The minimum atomic E-state index is -3.20. The van der Waals surface area contributed by atoms with Gasteiger partial charge in [0.1, 0.15) is 0 Å². The maximum atomic E-state index is 10.8. The molecule has 0 heterocycles. The maximum absolute atomic E-state index is 10.8. The molecule has 96 valence electrons. The summed E-state index contributed by atoms with van der Waals surface area (Å²) in [5.74, 6) is 5.37. The van der Waals surface area contributed by atoms with Crippen LogP contribution in [0.15, 0.2) is 24.3 Å². The molecule has 0 aliphatic carbocycles. The first kappa shape index (κ1) is 14.2. The van der Waals surface area contributed by atoms with Gasteiger partial charge in [-0.2, -0.15) is 0 Å². The first-order valence-corrected chi connectivity index (χ1v) is 7.07. The summed E-state index contributed by atoms with van der Waals surface area (Å²) in [5.41, 5.74) is 1.45. The highest BCUT2D eigenvalue weighted by atomic mass is 32.2. The van der Waals surface area contributed by atoms with Gasteiger partial charge in [-0.25, -0.2) is 13.1 Å². The number of sulfonamides is 1. The van der Waals surface area contributed by atoms with Crippen LogP contribution in [-0.4, -0.2) is 27.1 Å². The van der Waals surface area contributed by atoms with Gasteiger partial charge in [0.05, 0.1) is 12.8 Å². The highest BCUT2D eigenvalue weighted by Crippen LogP contribution is 2.08. The third-order valence-corrected chi connectivity index (χ3v) is 2.53. The Morgan fingerprint density at radius 3 is 2.39 bits per heavy atom. The Hall–Kier alpha value is -1.84.